The summed E-state index contributed by atoms with van der Waals surface area (Å²) >= 11 is 1.41. The number of nitrogens with two attached hydrogens (primary N) is 1. The van der Waals surface area contributed by atoms with Gasteiger partial charge < -0.3 is 15.2 Å². The van der Waals surface area contributed by atoms with Crippen LogP contribution in [-0.4, -0.2) is 54.6 Å². The van der Waals surface area contributed by atoms with Crippen molar-refractivity contribution in [1.82, 2.24) is 9.97 Å². The number of aliphatic hydroxyl groups excluding tert-OH is 1. The number of nitrogens with zero attached hydrogens (tertiary/aromatic N) is 2. The van der Waals surface area contributed by atoms with E-state index in [9.17, 15) is 18.3 Å². The van der Waals surface area contributed by atoms with E-state index in [-0.39, 0.29) is 24.0 Å². The van der Waals surface area contributed by atoms with Gasteiger partial charge in [-0.25, -0.2) is 15.1 Å². The van der Waals surface area contributed by atoms with Gasteiger partial charge in [0.05, 0.1) is 28.8 Å². The van der Waals surface area contributed by atoms with E-state index in [0.717, 1.165) is 37.9 Å². The first kappa shape index (κ1) is 23.8. The number of hydrogen-bond acceptors (Lipinski definition) is 10. The maximum absolute atomic E-state index is 13.4. The van der Waals surface area contributed by atoms with E-state index in [1.807, 2.05) is 11.4 Å². The Hall–Kier alpha value is -1.96. The highest BCUT2D eigenvalue weighted by atomic mass is 32.2. The lowest BCUT2D eigenvalue weighted by atomic mass is 9.87. The van der Waals surface area contributed by atoms with Gasteiger partial charge in [-0.15, -0.1) is 11.3 Å². The second-order valence-corrected chi connectivity index (χ2v) is 11.5. The monoisotopic (exact) mass is 508 g/mol. The van der Waals surface area contributed by atoms with Crippen molar-refractivity contribution >= 4 is 33.2 Å². The van der Waals surface area contributed by atoms with Crippen LogP contribution in [0.25, 0.3) is 0 Å². The highest BCUT2D eigenvalue weighted by molar-refractivity contribution is 7.84. The lowest BCUT2D eigenvalue weighted by Crippen LogP contribution is -2.26. The Balaban J connectivity index is 1.30. The quantitative estimate of drug-likeness (QED) is 0.431. The minimum atomic E-state index is -4.07. The molecule has 2 aromatic rings. The van der Waals surface area contributed by atoms with Crippen LogP contribution in [0.2, 0.25) is 0 Å². The molecule has 1 aliphatic heterocycles. The van der Waals surface area contributed by atoms with Crippen LogP contribution in [0.3, 0.4) is 0 Å². The lowest BCUT2D eigenvalue weighted by Gasteiger charge is -2.27. The van der Waals surface area contributed by atoms with Crippen molar-refractivity contribution in [3.63, 3.8) is 0 Å². The number of rotatable bonds is 9. The van der Waals surface area contributed by atoms with Gasteiger partial charge in [-0.3, -0.25) is 8.98 Å². The second kappa shape index (κ2) is 9.25. The molecule has 10 nitrogen and oxygen atoms in total. The first-order chi connectivity index (χ1) is 16.2. The molecule has 0 radical (unpaired) electrons. The van der Waals surface area contributed by atoms with Gasteiger partial charge in [0.2, 0.25) is 5.78 Å². The van der Waals surface area contributed by atoms with Gasteiger partial charge in [0.25, 0.3) is 0 Å². The van der Waals surface area contributed by atoms with Gasteiger partial charge in [0.15, 0.2) is 0 Å². The van der Waals surface area contributed by atoms with E-state index in [2.05, 4.69) is 19.5 Å². The van der Waals surface area contributed by atoms with Crippen molar-refractivity contribution in [2.75, 3.05) is 18.5 Å². The van der Waals surface area contributed by atoms with Crippen molar-refractivity contribution in [3.05, 3.63) is 40.0 Å². The van der Waals surface area contributed by atoms with E-state index in [1.165, 1.54) is 23.9 Å². The predicted octanol–water partition coefficient (Wildman–Crippen LogP) is 1.96. The van der Waals surface area contributed by atoms with Crippen molar-refractivity contribution in [1.29, 1.82) is 0 Å². The fourth-order valence-corrected chi connectivity index (χ4v) is 6.49. The summed E-state index contributed by atoms with van der Waals surface area (Å²) in [6.45, 7) is 0.559. The Morgan fingerprint density at radius 1 is 1.38 bits per heavy atom. The Morgan fingerprint density at radius 2 is 2.21 bits per heavy atom. The van der Waals surface area contributed by atoms with Crippen LogP contribution >= 0.6 is 11.3 Å². The third-order valence-corrected chi connectivity index (χ3v) is 8.40. The molecule has 0 bridgehead atoms. The number of carbonyl (C=O) groups excluding carboxylic acids is 1. The molecular formula is C22H28N4O6S2. The van der Waals surface area contributed by atoms with Crippen LogP contribution in [-0.2, 0) is 24.8 Å². The zero-order chi connectivity index (χ0) is 23.9. The average molecular weight is 509 g/mol. The normalized spacial score (nSPS) is 29.4. The summed E-state index contributed by atoms with van der Waals surface area (Å²) in [7, 11) is -4.07. The maximum Gasteiger partial charge on any atom is 0.333 e. The fourth-order valence-electron chi connectivity index (χ4n) is 5.19. The number of thiophene rings is 1. The van der Waals surface area contributed by atoms with Crippen LogP contribution in [0.1, 0.15) is 59.3 Å². The van der Waals surface area contributed by atoms with Gasteiger partial charge in [0.1, 0.15) is 12.1 Å². The molecule has 2 aliphatic carbocycles. The number of carbonyl (C=O) groups is 1. The molecule has 3 aliphatic rings. The van der Waals surface area contributed by atoms with Crippen LogP contribution < -0.4 is 10.5 Å². The number of aliphatic hydroxyl groups is 1. The first-order valence-corrected chi connectivity index (χ1v) is 13.8. The van der Waals surface area contributed by atoms with Gasteiger partial charge in [-0.1, -0.05) is 0 Å². The van der Waals surface area contributed by atoms with E-state index in [0.29, 0.717) is 35.0 Å². The standard InChI is InChI=1S/C22H28N4O6S2/c23-34(29,30)32-10-13-6-16(8-18(13)27)26-21-17(9-24-12-25-21)20(28)19-7-15(11-33-19)22(14-2-3-14)4-1-5-31-22/h7,9,11-14,16,18,27H,1-6,8,10H2,(H2,23,29,30)(H,24,25,26)/t13-,16-,18+,22?/m1/s1. The molecule has 1 saturated heterocycles. The molecule has 3 fully saturated rings. The molecule has 184 valence electrons. The van der Waals surface area contributed by atoms with Crippen molar-refractivity contribution in [3.8, 4) is 0 Å². The Morgan fingerprint density at radius 3 is 2.91 bits per heavy atom. The van der Waals surface area contributed by atoms with Crippen LogP contribution in [0, 0.1) is 11.8 Å². The highest BCUT2D eigenvalue weighted by Crippen LogP contribution is 2.54. The third-order valence-electron chi connectivity index (χ3n) is 7.00. The van der Waals surface area contributed by atoms with Crippen LogP contribution in [0.15, 0.2) is 24.0 Å². The van der Waals surface area contributed by atoms with Crippen molar-refractivity contribution < 1.29 is 27.2 Å². The molecule has 1 unspecified atom stereocenters. The molecule has 12 heteroatoms. The van der Waals surface area contributed by atoms with E-state index in [1.54, 1.807) is 0 Å². The van der Waals surface area contributed by atoms with Gasteiger partial charge >= 0.3 is 10.3 Å². The molecule has 5 rings (SSSR count). The molecule has 4 atom stereocenters. The van der Waals surface area contributed by atoms with E-state index >= 15 is 0 Å². The summed E-state index contributed by atoms with van der Waals surface area (Å²) in [5.41, 5.74) is 1.18. The molecular weight excluding hydrogens is 480 g/mol. The third kappa shape index (κ3) is 4.88. The van der Waals surface area contributed by atoms with Gasteiger partial charge in [-0.2, -0.15) is 8.42 Å². The number of anilines is 1. The highest BCUT2D eigenvalue weighted by Gasteiger charge is 2.50. The number of nitrogens with one attached hydrogen (secondary N) is 1. The topological polar surface area (TPSA) is 154 Å². The summed E-state index contributed by atoms with van der Waals surface area (Å²) in [6, 6.07) is 1.74. The smallest absolute Gasteiger partial charge is 0.333 e. The second-order valence-electron chi connectivity index (χ2n) is 9.35. The zero-order valence-corrected chi connectivity index (χ0v) is 20.2. The Labute approximate surface area is 202 Å². The molecule has 34 heavy (non-hydrogen) atoms. The summed E-state index contributed by atoms with van der Waals surface area (Å²) in [4.78, 5) is 22.3. The average Bonchev–Trinajstić information content (AvgIpc) is 3.20. The van der Waals surface area contributed by atoms with Crippen LogP contribution in [0.5, 0.6) is 0 Å². The SMILES string of the molecule is NS(=O)(=O)OC[C@H]1C[C@@H](Nc2ncncc2C(=O)c2cc(C3(C4CC4)CCCO3)cs2)C[C@@H]1O. The van der Waals surface area contributed by atoms with E-state index in [4.69, 9.17) is 9.88 Å². The molecule has 0 spiro atoms. The Kier molecular flexibility index (Phi) is 6.46. The van der Waals surface area contributed by atoms with Gasteiger partial charge in [0, 0.05) is 24.8 Å². The van der Waals surface area contributed by atoms with Gasteiger partial charge in [-0.05, 0) is 61.5 Å². The first-order valence-electron chi connectivity index (χ1n) is 11.4. The van der Waals surface area contributed by atoms with E-state index < -0.39 is 22.3 Å². The predicted molar refractivity (Wildman–Crippen MR) is 125 cm³/mol. The molecule has 2 saturated carbocycles. The number of ketones is 1. The minimum absolute atomic E-state index is 0.170. The fraction of sp³-hybridized carbons (Fsp3) is 0.591. The maximum atomic E-state index is 13.4. The molecule has 0 aromatic carbocycles. The summed E-state index contributed by atoms with van der Waals surface area (Å²) in [5.74, 6) is 0.344. The summed E-state index contributed by atoms with van der Waals surface area (Å²) in [6.07, 6.45) is 7.25. The molecule has 2 aromatic heterocycles. The van der Waals surface area contributed by atoms with Crippen molar-refractivity contribution in [2.24, 2.45) is 17.0 Å². The minimum Gasteiger partial charge on any atom is -0.393 e. The van der Waals surface area contributed by atoms with Crippen molar-refractivity contribution in [2.45, 2.75) is 56.3 Å². The molecule has 0 amide bonds. The zero-order valence-electron chi connectivity index (χ0n) is 18.6. The Bertz CT molecular complexity index is 1160. The summed E-state index contributed by atoms with van der Waals surface area (Å²) < 4.78 is 33.0. The molecule has 3 heterocycles. The summed E-state index contributed by atoms with van der Waals surface area (Å²) in [5, 5.41) is 20.5. The number of aromatic nitrogens is 2. The number of hydrogen-bond donors (Lipinski definition) is 3. The molecule has 4 N–H and O–H groups in total. The van der Waals surface area contributed by atoms with Crippen LogP contribution in [0.4, 0.5) is 5.82 Å². The lowest BCUT2D eigenvalue weighted by molar-refractivity contribution is -0.0190. The largest absolute Gasteiger partial charge is 0.393 e. The number of ether oxygens (including phenoxy) is 1.